The molecule has 2 aliphatic rings. The van der Waals surface area contributed by atoms with E-state index >= 15 is 0 Å². The smallest absolute Gasteiger partial charge is 0.229 e. The Morgan fingerprint density at radius 1 is 1.04 bits per heavy atom. The van der Waals surface area contributed by atoms with E-state index in [0.29, 0.717) is 10.6 Å². The zero-order chi connectivity index (χ0) is 17.9. The molecule has 0 radical (unpaired) electrons. The van der Waals surface area contributed by atoms with Gasteiger partial charge in [0.2, 0.25) is 5.91 Å². The molecule has 0 heterocycles. The summed E-state index contributed by atoms with van der Waals surface area (Å²) in [5.74, 6) is 0.549. The Balaban J connectivity index is 1.56. The Hall–Kier alpha value is -1.47. The molecule has 5 nitrogen and oxygen atoms in total. The van der Waals surface area contributed by atoms with Gasteiger partial charge in [0.25, 0.3) is 0 Å². The van der Waals surface area contributed by atoms with Crippen LogP contribution >= 0.6 is 12.2 Å². The second-order valence-electron chi connectivity index (χ2n) is 7.03. The van der Waals surface area contributed by atoms with E-state index in [-0.39, 0.29) is 28.6 Å². The van der Waals surface area contributed by atoms with E-state index in [1.165, 1.54) is 6.42 Å². The van der Waals surface area contributed by atoms with Crippen molar-refractivity contribution in [3.8, 4) is 0 Å². The molecule has 0 aromatic heterocycles. The van der Waals surface area contributed by atoms with E-state index in [1.807, 2.05) is 0 Å². The molecule has 1 aromatic carbocycles. The third kappa shape index (κ3) is 5.25. The third-order valence-corrected chi connectivity index (χ3v) is 6.94. The maximum Gasteiger partial charge on any atom is 0.229 e. The van der Waals surface area contributed by atoms with Gasteiger partial charge in [-0.15, -0.1) is 0 Å². The van der Waals surface area contributed by atoms with Crippen LogP contribution in [0.3, 0.4) is 0 Å². The topological polar surface area (TPSA) is 75.3 Å². The average Bonchev–Trinajstić information content (AvgIpc) is 3.40. The van der Waals surface area contributed by atoms with Crippen LogP contribution in [0.25, 0.3) is 0 Å². The minimum absolute atomic E-state index is 0.0517. The highest BCUT2D eigenvalue weighted by Crippen LogP contribution is 2.29. The van der Waals surface area contributed by atoms with Crippen molar-refractivity contribution in [3.63, 3.8) is 0 Å². The van der Waals surface area contributed by atoms with Crippen LogP contribution in [-0.4, -0.2) is 25.2 Å². The summed E-state index contributed by atoms with van der Waals surface area (Å²) >= 11 is 5.11. The minimum Gasteiger partial charge on any atom is -0.332 e. The summed E-state index contributed by atoms with van der Waals surface area (Å²) in [7, 11) is -3.26. The van der Waals surface area contributed by atoms with Gasteiger partial charge in [0.05, 0.1) is 10.6 Å². The molecule has 2 aliphatic carbocycles. The van der Waals surface area contributed by atoms with Gasteiger partial charge in [0, 0.05) is 11.6 Å². The fourth-order valence-corrected chi connectivity index (χ4v) is 5.14. The van der Waals surface area contributed by atoms with Crippen LogP contribution in [0.15, 0.2) is 29.2 Å². The van der Waals surface area contributed by atoms with E-state index in [9.17, 15) is 13.2 Å². The first kappa shape index (κ1) is 18.3. The fraction of sp³-hybridized carbons (Fsp3) is 0.556. The lowest BCUT2D eigenvalue weighted by molar-refractivity contribution is -0.120. The van der Waals surface area contributed by atoms with E-state index in [0.717, 1.165) is 38.5 Å². The number of hydrogen-bond acceptors (Lipinski definition) is 4. The summed E-state index contributed by atoms with van der Waals surface area (Å²) in [6.45, 7) is 0. The van der Waals surface area contributed by atoms with Crippen molar-refractivity contribution in [2.45, 2.75) is 49.8 Å². The number of anilines is 1. The third-order valence-electron chi connectivity index (χ3n) is 4.84. The van der Waals surface area contributed by atoms with Crippen molar-refractivity contribution in [1.29, 1.82) is 0 Å². The molecule has 0 bridgehead atoms. The molecule has 0 unspecified atom stereocenters. The average molecular weight is 381 g/mol. The lowest BCUT2D eigenvalue weighted by atomic mass is 9.91. The Morgan fingerprint density at radius 3 is 2.28 bits per heavy atom. The quantitative estimate of drug-likeness (QED) is 0.767. The SMILES string of the molecule is O=C(NC(=S)Nc1ccc(S(=O)(=O)CC2CCCCC2)cc1)C1CC1. The molecule has 136 valence electrons. The number of rotatable bonds is 5. The molecule has 0 spiro atoms. The van der Waals surface area contributed by atoms with E-state index < -0.39 is 9.84 Å². The molecule has 0 atom stereocenters. The second kappa shape index (κ2) is 7.83. The Morgan fingerprint density at radius 2 is 1.68 bits per heavy atom. The van der Waals surface area contributed by atoms with E-state index in [4.69, 9.17) is 12.2 Å². The van der Waals surface area contributed by atoms with E-state index in [2.05, 4.69) is 10.6 Å². The summed E-state index contributed by atoms with van der Waals surface area (Å²) in [4.78, 5) is 12.0. The summed E-state index contributed by atoms with van der Waals surface area (Å²) in [5.41, 5.74) is 0.665. The van der Waals surface area contributed by atoms with Crippen LogP contribution in [0.1, 0.15) is 44.9 Å². The highest BCUT2D eigenvalue weighted by Gasteiger charge is 2.30. The first-order valence-corrected chi connectivity index (χ1v) is 10.9. The zero-order valence-electron chi connectivity index (χ0n) is 14.2. The number of nitrogens with one attached hydrogen (secondary N) is 2. The molecule has 2 fully saturated rings. The minimum atomic E-state index is -3.26. The molecular formula is C18H24N2O3S2. The number of thiocarbonyl (C=S) groups is 1. The predicted molar refractivity (Wildman–Crippen MR) is 102 cm³/mol. The van der Waals surface area contributed by atoms with Crippen molar-refractivity contribution >= 4 is 38.8 Å². The van der Waals surface area contributed by atoms with Crippen LogP contribution in [0.4, 0.5) is 5.69 Å². The molecular weight excluding hydrogens is 356 g/mol. The Kier molecular flexibility index (Phi) is 5.74. The largest absolute Gasteiger partial charge is 0.332 e. The first-order valence-electron chi connectivity index (χ1n) is 8.89. The predicted octanol–water partition coefficient (Wildman–Crippen LogP) is 3.26. The van der Waals surface area contributed by atoms with Crippen molar-refractivity contribution in [1.82, 2.24) is 5.32 Å². The lowest BCUT2D eigenvalue weighted by Gasteiger charge is -2.21. The van der Waals surface area contributed by atoms with Crippen molar-refractivity contribution in [2.24, 2.45) is 11.8 Å². The number of benzene rings is 1. The fourth-order valence-electron chi connectivity index (χ4n) is 3.23. The van der Waals surface area contributed by atoms with E-state index in [1.54, 1.807) is 24.3 Å². The van der Waals surface area contributed by atoms with Gasteiger partial charge in [-0.05, 0) is 68.1 Å². The van der Waals surface area contributed by atoms with Crippen LogP contribution in [0.5, 0.6) is 0 Å². The zero-order valence-corrected chi connectivity index (χ0v) is 15.8. The maximum atomic E-state index is 12.6. The van der Waals surface area contributed by atoms with Crippen LogP contribution in [0.2, 0.25) is 0 Å². The standard InChI is InChI=1S/C18H24N2O3S2/c21-17(14-6-7-14)20-18(24)19-15-8-10-16(11-9-15)25(22,23)12-13-4-2-1-3-5-13/h8-11,13-14H,1-7,12H2,(H2,19,20,21,24). The van der Waals surface area contributed by atoms with Crippen molar-refractivity contribution in [2.75, 3.05) is 11.1 Å². The van der Waals surface area contributed by atoms with Gasteiger partial charge in [-0.25, -0.2) is 8.42 Å². The maximum absolute atomic E-state index is 12.6. The molecule has 1 aromatic rings. The van der Waals surface area contributed by atoms with Gasteiger partial charge in [-0.1, -0.05) is 19.3 Å². The molecule has 0 aliphatic heterocycles. The molecule has 2 N–H and O–H groups in total. The highest BCUT2D eigenvalue weighted by molar-refractivity contribution is 7.91. The monoisotopic (exact) mass is 380 g/mol. The molecule has 0 saturated heterocycles. The lowest BCUT2D eigenvalue weighted by Crippen LogP contribution is -2.35. The number of hydrogen-bond donors (Lipinski definition) is 2. The molecule has 7 heteroatoms. The first-order chi connectivity index (χ1) is 11.9. The summed E-state index contributed by atoms with van der Waals surface area (Å²) < 4.78 is 25.1. The van der Waals surface area contributed by atoms with Crippen LogP contribution in [0, 0.1) is 11.8 Å². The van der Waals surface area contributed by atoms with Crippen molar-refractivity contribution in [3.05, 3.63) is 24.3 Å². The van der Waals surface area contributed by atoms with Gasteiger partial charge in [0.15, 0.2) is 14.9 Å². The van der Waals surface area contributed by atoms with Gasteiger partial charge in [0.1, 0.15) is 0 Å². The summed E-state index contributed by atoms with van der Waals surface area (Å²) in [6.07, 6.45) is 7.33. The van der Waals surface area contributed by atoms with Crippen molar-refractivity contribution < 1.29 is 13.2 Å². The van der Waals surface area contributed by atoms with Crippen LogP contribution in [-0.2, 0) is 14.6 Å². The number of carbonyl (C=O) groups is 1. The summed E-state index contributed by atoms with van der Waals surface area (Å²) in [6, 6.07) is 6.57. The molecule has 1 amide bonds. The van der Waals surface area contributed by atoms with Gasteiger partial charge in [-0.2, -0.15) is 0 Å². The Bertz CT molecular complexity index is 734. The van der Waals surface area contributed by atoms with Gasteiger partial charge < -0.3 is 10.6 Å². The highest BCUT2D eigenvalue weighted by atomic mass is 32.2. The van der Waals surface area contributed by atoms with Crippen LogP contribution < -0.4 is 10.6 Å². The molecule has 25 heavy (non-hydrogen) atoms. The molecule has 2 saturated carbocycles. The van der Waals surface area contributed by atoms with Gasteiger partial charge >= 0.3 is 0 Å². The second-order valence-corrected chi connectivity index (χ2v) is 9.47. The number of amides is 1. The normalized spacial score (nSPS) is 18.6. The molecule has 3 rings (SSSR count). The summed E-state index contributed by atoms with van der Waals surface area (Å²) in [5, 5.41) is 5.82. The number of carbonyl (C=O) groups excluding carboxylic acids is 1. The number of sulfone groups is 1. The Labute approximate surface area is 154 Å². The van der Waals surface area contributed by atoms with Gasteiger partial charge in [-0.3, -0.25) is 4.79 Å².